The Morgan fingerprint density at radius 2 is 2.06 bits per heavy atom. The van der Waals surface area contributed by atoms with Gasteiger partial charge in [-0.25, -0.2) is 4.39 Å². The summed E-state index contributed by atoms with van der Waals surface area (Å²) in [6.45, 7) is 0.0369. The van der Waals surface area contributed by atoms with Crippen LogP contribution in [0.5, 0.6) is 0 Å². The minimum atomic E-state index is -0.418. The molecule has 4 heteroatoms. The number of hydrogen-bond acceptors (Lipinski definition) is 3. The van der Waals surface area contributed by atoms with Crippen molar-refractivity contribution in [2.24, 2.45) is 0 Å². The predicted molar refractivity (Wildman–Crippen MR) is 67.6 cm³/mol. The zero-order chi connectivity index (χ0) is 13.0. The molecule has 2 rings (SSSR count). The van der Waals surface area contributed by atoms with Gasteiger partial charge in [-0.1, -0.05) is 19.3 Å². The Bertz CT molecular complexity index is 461. The minimum Gasteiger partial charge on any atom is -0.394 e. The van der Waals surface area contributed by atoms with Crippen LogP contribution in [0.15, 0.2) is 18.2 Å². The summed E-state index contributed by atoms with van der Waals surface area (Å²) in [5, 5.41) is 21.9. The summed E-state index contributed by atoms with van der Waals surface area (Å²) in [5.74, 6) is -0.418. The maximum absolute atomic E-state index is 13.1. The molecule has 0 aromatic heterocycles. The Labute approximate surface area is 106 Å². The van der Waals surface area contributed by atoms with Crippen molar-refractivity contribution in [2.45, 2.75) is 37.6 Å². The van der Waals surface area contributed by atoms with Crippen molar-refractivity contribution in [3.8, 4) is 6.07 Å². The Hall–Kier alpha value is -1.60. The van der Waals surface area contributed by atoms with Gasteiger partial charge in [-0.2, -0.15) is 5.26 Å². The second kappa shape index (κ2) is 5.36. The van der Waals surface area contributed by atoms with Crippen LogP contribution in [0.4, 0.5) is 10.1 Å². The fraction of sp³-hybridized carbons (Fsp3) is 0.500. The molecule has 3 nitrogen and oxygen atoms in total. The largest absolute Gasteiger partial charge is 0.394 e. The lowest BCUT2D eigenvalue weighted by atomic mass is 9.82. The van der Waals surface area contributed by atoms with Crippen molar-refractivity contribution in [3.05, 3.63) is 29.6 Å². The average Bonchev–Trinajstić information content (AvgIpc) is 2.42. The van der Waals surface area contributed by atoms with E-state index in [4.69, 9.17) is 5.26 Å². The van der Waals surface area contributed by atoms with Crippen LogP contribution < -0.4 is 5.32 Å². The van der Waals surface area contributed by atoms with Crippen molar-refractivity contribution in [3.63, 3.8) is 0 Å². The van der Waals surface area contributed by atoms with E-state index in [1.165, 1.54) is 18.6 Å². The average molecular weight is 248 g/mol. The summed E-state index contributed by atoms with van der Waals surface area (Å²) in [6.07, 6.45) is 5.07. The summed E-state index contributed by atoms with van der Waals surface area (Å²) in [4.78, 5) is 0. The number of halogens is 1. The van der Waals surface area contributed by atoms with Gasteiger partial charge in [0, 0.05) is 0 Å². The number of anilines is 1. The van der Waals surface area contributed by atoms with Gasteiger partial charge in [0.05, 0.1) is 23.4 Å². The molecular formula is C14H17FN2O. The highest BCUT2D eigenvalue weighted by Gasteiger charge is 2.31. The van der Waals surface area contributed by atoms with E-state index in [0.29, 0.717) is 5.69 Å². The van der Waals surface area contributed by atoms with E-state index in [1.54, 1.807) is 6.07 Å². The molecule has 1 fully saturated rings. The van der Waals surface area contributed by atoms with Crippen molar-refractivity contribution in [1.29, 1.82) is 5.26 Å². The van der Waals surface area contributed by atoms with E-state index in [1.807, 2.05) is 6.07 Å². The van der Waals surface area contributed by atoms with Crippen molar-refractivity contribution < 1.29 is 9.50 Å². The van der Waals surface area contributed by atoms with Crippen LogP contribution >= 0.6 is 0 Å². The highest BCUT2D eigenvalue weighted by molar-refractivity contribution is 5.58. The van der Waals surface area contributed by atoms with Gasteiger partial charge in [-0.05, 0) is 31.0 Å². The molecule has 0 spiro atoms. The van der Waals surface area contributed by atoms with Crippen LogP contribution in [0.2, 0.25) is 0 Å². The third-order valence-electron chi connectivity index (χ3n) is 3.62. The van der Waals surface area contributed by atoms with E-state index in [-0.39, 0.29) is 17.7 Å². The topological polar surface area (TPSA) is 56.0 Å². The fourth-order valence-corrected chi connectivity index (χ4v) is 2.55. The second-order valence-corrected chi connectivity index (χ2v) is 4.93. The van der Waals surface area contributed by atoms with Crippen LogP contribution in [0.3, 0.4) is 0 Å². The normalized spacial score (nSPS) is 18.1. The van der Waals surface area contributed by atoms with Gasteiger partial charge in [0.1, 0.15) is 11.9 Å². The Morgan fingerprint density at radius 3 is 2.67 bits per heavy atom. The van der Waals surface area contributed by atoms with E-state index in [2.05, 4.69) is 5.32 Å². The number of nitriles is 1. The van der Waals surface area contributed by atoms with Crippen LogP contribution in [0, 0.1) is 17.1 Å². The van der Waals surface area contributed by atoms with Crippen LogP contribution in [-0.2, 0) is 0 Å². The van der Waals surface area contributed by atoms with Crippen LogP contribution in [0.25, 0.3) is 0 Å². The summed E-state index contributed by atoms with van der Waals surface area (Å²) in [6, 6.07) is 6.10. The molecule has 0 amide bonds. The smallest absolute Gasteiger partial charge is 0.124 e. The molecule has 0 heterocycles. The van der Waals surface area contributed by atoms with E-state index < -0.39 is 5.82 Å². The van der Waals surface area contributed by atoms with Crippen molar-refractivity contribution in [1.82, 2.24) is 0 Å². The molecule has 0 saturated heterocycles. The standard InChI is InChI=1S/C14H17FN2O/c15-12-4-5-13(11(8-12)9-16)17-14(10-18)6-2-1-3-7-14/h4-5,8,17-18H,1-3,6-7,10H2. The lowest BCUT2D eigenvalue weighted by molar-refractivity contribution is 0.173. The van der Waals surface area contributed by atoms with E-state index in [0.717, 1.165) is 25.7 Å². The molecule has 0 unspecified atom stereocenters. The minimum absolute atomic E-state index is 0.0369. The Morgan fingerprint density at radius 1 is 1.33 bits per heavy atom. The van der Waals surface area contributed by atoms with Crippen LogP contribution in [0.1, 0.15) is 37.7 Å². The first-order chi connectivity index (χ1) is 8.69. The molecule has 0 radical (unpaired) electrons. The number of nitrogens with zero attached hydrogens (tertiary/aromatic N) is 1. The van der Waals surface area contributed by atoms with E-state index >= 15 is 0 Å². The zero-order valence-corrected chi connectivity index (χ0v) is 10.2. The Kier molecular flexibility index (Phi) is 3.83. The highest BCUT2D eigenvalue weighted by Crippen LogP contribution is 2.32. The molecule has 1 saturated carbocycles. The first-order valence-corrected chi connectivity index (χ1v) is 6.28. The molecule has 0 atom stereocenters. The maximum Gasteiger partial charge on any atom is 0.124 e. The first kappa shape index (κ1) is 12.8. The summed E-state index contributed by atoms with van der Waals surface area (Å²) >= 11 is 0. The molecular weight excluding hydrogens is 231 g/mol. The molecule has 0 bridgehead atoms. The lowest BCUT2D eigenvalue weighted by Crippen LogP contribution is -2.44. The lowest BCUT2D eigenvalue weighted by Gasteiger charge is -2.37. The number of rotatable bonds is 3. The fourth-order valence-electron chi connectivity index (χ4n) is 2.55. The van der Waals surface area contributed by atoms with Gasteiger partial charge in [-0.3, -0.25) is 0 Å². The summed E-state index contributed by atoms with van der Waals surface area (Å²) < 4.78 is 13.1. The van der Waals surface area contributed by atoms with Crippen LogP contribution in [-0.4, -0.2) is 17.3 Å². The molecule has 1 aliphatic rings. The van der Waals surface area contributed by atoms with Crippen molar-refractivity contribution >= 4 is 5.69 Å². The molecule has 1 aromatic rings. The molecule has 0 aliphatic heterocycles. The Balaban J connectivity index is 2.24. The number of hydrogen-bond donors (Lipinski definition) is 2. The highest BCUT2D eigenvalue weighted by atomic mass is 19.1. The SMILES string of the molecule is N#Cc1cc(F)ccc1NC1(CO)CCCCC1. The number of aliphatic hydroxyl groups is 1. The monoisotopic (exact) mass is 248 g/mol. The predicted octanol–water partition coefficient (Wildman–Crippen LogP) is 2.80. The second-order valence-electron chi connectivity index (χ2n) is 4.93. The third kappa shape index (κ3) is 2.62. The first-order valence-electron chi connectivity index (χ1n) is 6.28. The molecule has 18 heavy (non-hydrogen) atoms. The quantitative estimate of drug-likeness (QED) is 0.864. The number of nitrogens with one attached hydrogen (secondary N) is 1. The summed E-state index contributed by atoms with van der Waals surface area (Å²) in [7, 11) is 0. The molecule has 2 N–H and O–H groups in total. The third-order valence-corrected chi connectivity index (χ3v) is 3.62. The van der Waals surface area contributed by atoms with Gasteiger partial charge in [0.2, 0.25) is 0 Å². The maximum atomic E-state index is 13.1. The number of benzene rings is 1. The number of aliphatic hydroxyl groups excluding tert-OH is 1. The van der Waals surface area contributed by atoms with Gasteiger partial charge in [0.15, 0.2) is 0 Å². The van der Waals surface area contributed by atoms with Gasteiger partial charge in [-0.15, -0.1) is 0 Å². The molecule has 1 aromatic carbocycles. The van der Waals surface area contributed by atoms with Crippen molar-refractivity contribution in [2.75, 3.05) is 11.9 Å². The van der Waals surface area contributed by atoms with E-state index in [9.17, 15) is 9.50 Å². The molecule has 1 aliphatic carbocycles. The van der Waals surface area contributed by atoms with Gasteiger partial charge < -0.3 is 10.4 Å². The zero-order valence-electron chi connectivity index (χ0n) is 10.2. The molecule has 96 valence electrons. The summed E-state index contributed by atoms with van der Waals surface area (Å²) in [5.41, 5.74) is 0.532. The van der Waals surface area contributed by atoms with Gasteiger partial charge >= 0.3 is 0 Å². The van der Waals surface area contributed by atoms with Gasteiger partial charge in [0.25, 0.3) is 0 Å².